The number of rotatable bonds is 10. The summed E-state index contributed by atoms with van der Waals surface area (Å²) in [4.78, 5) is 75.4. The zero-order valence-electron chi connectivity index (χ0n) is 32.5. The van der Waals surface area contributed by atoms with Crippen LogP contribution in [0.1, 0.15) is 82.4 Å². The third-order valence-corrected chi connectivity index (χ3v) is 12.5. The number of nitrogens with zero attached hydrogens (tertiary/aromatic N) is 6. The number of pyridine rings is 1. The maximum Gasteiger partial charge on any atom is 0.417 e. The summed E-state index contributed by atoms with van der Waals surface area (Å²) in [5.74, 6) is -0.796. The number of hydrogen-bond acceptors (Lipinski definition) is 10. The van der Waals surface area contributed by atoms with Crippen LogP contribution in [0.5, 0.6) is 0 Å². The van der Waals surface area contributed by atoms with Gasteiger partial charge in [0.05, 0.1) is 28.3 Å². The summed E-state index contributed by atoms with van der Waals surface area (Å²) in [5, 5.41) is 14.2. The number of nitrogens with one attached hydrogen (secondary N) is 2. The van der Waals surface area contributed by atoms with Gasteiger partial charge in [-0.05, 0) is 105 Å². The first-order valence-corrected chi connectivity index (χ1v) is 20.3. The molecule has 3 aromatic rings. The molecule has 1 unspecified atom stereocenters. The van der Waals surface area contributed by atoms with Gasteiger partial charge in [0.15, 0.2) is 0 Å². The van der Waals surface area contributed by atoms with Crippen LogP contribution in [0.3, 0.4) is 0 Å². The minimum absolute atomic E-state index is 0.0832. The summed E-state index contributed by atoms with van der Waals surface area (Å²) in [6, 6.07) is 13.5. The number of anilines is 3. The van der Waals surface area contributed by atoms with Crippen LogP contribution in [0.25, 0.3) is 0 Å². The summed E-state index contributed by atoms with van der Waals surface area (Å²) in [6.07, 6.45) is 2.34. The average Bonchev–Trinajstić information content (AvgIpc) is 3.46. The zero-order valence-corrected chi connectivity index (χ0v) is 32.5. The van der Waals surface area contributed by atoms with E-state index in [4.69, 9.17) is 5.26 Å². The molecule has 0 aliphatic carbocycles. The van der Waals surface area contributed by atoms with Gasteiger partial charge < -0.3 is 20.0 Å². The lowest BCUT2D eigenvalue weighted by Crippen LogP contribution is -2.54. The Bertz CT molecular complexity index is 2190. The molecule has 5 amide bonds. The first kappa shape index (κ1) is 40.0. The van der Waals surface area contributed by atoms with Crippen LogP contribution in [0.4, 0.5) is 30.4 Å². The molecule has 0 saturated carbocycles. The molecule has 4 saturated heterocycles. The first-order chi connectivity index (χ1) is 28.3. The molecule has 5 aliphatic heterocycles. The van der Waals surface area contributed by atoms with Crippen molar-refractivity contribution in [2.45, 2.75) is 63.6 Å². The highest BCUT2D eigenvalue weighted by Crippen LogP contribution is 2.36. The predicted molar refractivity (Wildman–Crippen MR) is 210 cm³/mol. The molecule has 13 nitrogen and oxygen atoms in total. The Morgan fingerprint density at radius 2 is 1.53 bits per heavy atom. The van der Waals surface area contributed by atoms with Gasteiger partial charge in [0, 0.05) is 75.7 Å². The second-order valence-electron chi connectivity index (χ2n) is 16.4. The smallest absolute Gasteiger partial charge is 0.371 e. The maximum absolute atomic E-state index is 13.4. The molecular weight excluding hydrogens is 766 g/mol. The van der Waals surface area contributed by atoms with Crippen molar-refractivity contribution < 1.29 is 37.1 Å². The van der Waals surface area contributed by atoms with Crippen molar-refractivity contribution in [2.24, 2.45) is 17.8 Å². The summed E-state index contributed by atoms with van der Waals surface area (Å²) < 4.78 is 40.3. The van der Waals surface area contributed by atoms with Gasteiger partial charge in [-0.1, -0.05) is 6.07 Å². The number of hydrogen-bond donors (Lipinski definition) is 2. The van der Waals surface area contributed by atoms with Gasteiger partial charge in [-0.3, -0.25) is 34.2 Å². The number of nitriles is 1. The van der Waals surface area contributed by atoms with E-state index in [2.05, 4.69) is 25.4 Å². The lowest BCUT2D eigenvalue weighted by Gasteiger charge is -2.43. The van der Waals surface area contributed by atoms with Gasteiger partial charge in [0.1, 0.15) is 11.9 Å². The average molecular weight is 811 g/mol. The fourth-order valence-electron chi connectivity index (χ4n) is 9.11. The van der Waals surface area contributed by atoms with E-state index in [0.717, 1.165) is 80.6 Å². The van der Waals surface area contributed by atoms with Crippen molar-refractivity contribution in [1.82, 2.24) is 20.1 Å². The Kier molecular flexibility index (Phi) is 11.1. The normalized spacial score (nSPS) is 21.0. The number of fused-ring (bicyclic) bond motifs is 1. The van der Waals surface area contributed by atoms with Gasteiger partial charge in [-0.2, -0.15) is 18.4 Å². The summed E-state index contributed by atoms with van der Waals surface area (Å²) >= 11 is 0. The van der Waals surface area contributed by atoms with Gasteiger partial charge in [0.25, 0.3) is 11.8 Å². The molecule has 16 heteroatoms. The number of benzene rings is 2. The number of amides is 5. The molecule has 0 spiro atoms. The highest BCUT2D eigenvalue weighted by Gasteiger charge is 2.45. The molecule has 59 heavy (non-hydrogen) atoms. The standard InChI is InChI=1S/C43H45F3N8O5/c44-43(45,46)35-20-32(5-4-30(35)21-47)53-17-13-29(14-18-53)39(56)49-37-9-3-26(22-48-37)1-2-28-24-51(25-28)23-27-11-15-52(16-12-27)31-6-7-33-34(19-31)42(59)54(41(33)58)36-8-10-38(55)50-40(36)57/h3-7,9,19-20,22,27-29,36H,1-2,8,10-18,23-25H2,(H,48,49,56)(H,50,55,57). The molecule has 4 fully saturated rings. The van der Waals surface area contributed by atoms with Crippen LogP contribution in [0.15, 0.2) is 54.7 Å². The Morgan fingerprint density at radius 1 is 0.847 bits per heavy atom. The molecule has 6 heterocycles. The van der Waals surface area contributed by atoms with Crippen molar-refractivity contribution in [3.05, 3.63) is 82.5 Å². The second kappa shape index (κ2) is 16.4. The van der Waals surface area contributed by atoms with Gasteiger partial charge in [-0.25, -0.2) is 4.98 Å². The molecule has 2 N–H and O–H groups in total. The van der Waals surface area contributed by atoms with Crippen LogP contribution in [0, 0.1) is 29.1 Å². The Hall–Kier alpha value is -5.82. The molecule has 0 radical (unpaired) electrons. The van der Waals surface area contributed by atoms with E-state index in [9.17, 15) is 37.1 Å². The van der Waals surface area contributed by atoms with E-state index < -0.39 is 47.0 Å². The number of aromatic nitrogens is 1. The zero-order chi connectivity index (χ0) is 41.4. The summed E-state index contributed by atoms with van der Waals surface area (Å²) in [6.45, 7) is 5.70. The van der Waals surface area contributed by atoms with E-state index >= 15 is 0 Å². The molecule has 0 bridgehead atoms. The highest BCUT2D eigenvalue weighted by atomic mass is 19.4. The largest absolute Gasteiger partial charge is 0.417 e. The van der Waals surface area contributed by atoms with E-state index in [1.54, 1.807) is 24.4 Å². The maximum atomic E-state index is 13.4. The van der Waals surface area contributed by atoms with Crippen LogP contribution >= 0.6 is 0 Å². The Labute approximate surface area is 339 Å². The third kappa shape index (κ3) is 8.52. The van der Waals surface area contributed by atoms with Crippen LogP contribution in [-0.4, -0.2) is 96.2 Å². The number of halogens is 3. The second-order valence-corrected chi connectivity index (χ2v) is 16.4. The predicted octanol–water partition coefficient (Wildman–Crippen LogP) is 5.01. The van der Waals surface area contributed by atoms with Crippen LogP contribution in [-0.2, 0) is 27.0 Å². The molecule has 308 valence electrons. The SMILES string of the molecule is N#Cc1ccc(N2CCC(C(=O)Nc3ccc(CCC4CN(CC5CCN(c6ccc7c(c6)C(=O)N(C6CCC(=O)NC6=O)C7=O)CC5)C4)cn3)CC2)cc1C(F)(F)F. The fraction of sp³-hybridized carbons (Fsp3) is 0.465. The lowest BCUT2D eigenvalue weighted by molar-refractivity contribution is -0.138. The number of carbonyl (C=O) groups is 5. The number of imide groups is 2. The van der Waals surface area contributed by atoms with Crippen molar-refractivity contribution in [3.63, 3.8) is 0 Å². The summed E-state index contributed by atoms with van der Waals surface area (Å²) in [7, 11) is 0. The number of aryl methyl sites for hydroxylation is 1. The van der Waals surface area contributed by atoms with Crippen molar-refractivity contribution >= 4 is 46.7 Å². The topological polar surface area (TPSA) is 159 Å². The van der Waals surface area contributed by atoms with Crippen molar-refractivity contribution in [2.75, 3.05) is 60.9 Å². The monoisotopic (exact) mass is 810 g/mol. The third-order valence-electron chi connectivity index (χ3n) is 12.5. The molecule has 8 rings (SSSR count). The Morgan fingerprint density at radius 3 is 2.19 bits per heavy atom. The van der Waals surface area contributed by atoms with Gasteiger partial charge >= 0.3 is 6.18 Å². The Balaban J connectivity index is 0.728. The minimum Gasteiger partial charge on any atom is -0.371 e. The number of alkyl halides is 3. The number of carbonyl (C=O) groups excluding carboxylic acids is 5. The van der Waals surface area contributed by atoms with Gasteiger partial charge in [0.2, 0.25) is 17.7 Å². The molecule has 1 aromatic heterocycles. The van der Waals surface area contributed by atoms with Crippen LogP contribution < -0.4 is 20.4 Å². The van der Waals surface area contributed by atoms with Gasteiger partial charge in [-0.15, -0.1) is 0 Å². The van der Waals surface area contributed by atoms with E-state index in [0.29, 0.717) is 54.8 Å². The van der Waals surface area contributed by atoms with Crippen molar-refractivity contribution in [1.29, 1.82) is 5.26 Å². The quantitative estimate of drug-likeness (QED) is 0.267. The molecular formula is C43H45F3N8O5. The number of likely N-dealkylation sites (tertiary alicyclic amines) is 1. The first-order valence-electron chi connectivity index (χ1n) is 20.3. The summed E-state index contributed by atoms with van der Waals surface area (Å²) in [5.41, 5.74) is 1.60. The molecule has 1 atom stereocenters. The van der Waals surface area contributed by atoms with Crippen molar-refractivity contribution in [3.8, 4) is 6.07 Å². The molecule has 2 aromatic carbocycles. The molecule has 5 aliphatic rings. The fourth-order valence-corrected chi connectivity index (χ4v) is 9.11. The lowest BCUT2D eigenvalue weighted by atomic mass is 9.89. The minimum atomic E-state index is -4.62. The van der Waals surface area contributed by atoms with E-state index in [1.165, 1.54) is 12.1 Å². The number of piperidine rings is 3. The van der Waals surface area contributed by atoms with Crippen LogP contribution in [0.2, 0.25) is 0 Å². The highest BCUT2D eigenvalue weighted by molar-refractivity contribution is 6.23. The van der Waals surface area contributed by atoms with E-state index in [1.807, 2.05) is 23.1 Å². The van der Waals surface area contributed by atoms with E-state index in [-0.39, 0.29) is 30.2 Å².